The van der Waals surface area contributed by atoms with Crippen LogP contribution in [0.4, 0.5) is 8.78 Å². The fraction of sp³-hybridized carbons (Fsp3) is 0.441. The number of hydrogen-bond donors (Lipinski definition) is 0. The van der Waals surface area contributed by atoms with Crippen molar-refractivity contribution < 1.29 is 18.3 Å². The first-order chi connectivity index (χ1) is 20.6. The minimum Gasteiger partial charge on any atom is -0.427 e. The molecule has 0 aliphatic rings. The van der Waals surface area contributed by atoms with E-state index in [-0.39, 0.29) is 22.8 Å². The van der Waals surface area contributed by atoms with E-state index in [0.717, 1.165) is 80.0 Å². The van der Waals surface area contributed by atoms with E-state index in [1.165, 1.54) is 13.0 Å². The van der Waals surface area contributed by atoms with Crippen molar-refractivity contribution in [2.45, 2.75) is 89.0 Å². The number of unbranched alkanes of at least 4 members (excludes halogenated alkanes) is 4. The zero-order chi connectivity index (χ0) is 31.4. The van der Waals surface area contributed by atoms with Gasteiger partial charge in [0.1, 0.15) is 5.75 Å². The molecular weight excluding hydrogens is 590 g/mol. The van der Waals surface area contributed by atoms with Crippen LogP contribution in [-0.4, -0.2) is 16.3 Å². The first kappa shape index (κ1) is 34.3. The SMILES string of the molecule is CCCC(C#N)CCCCCCCSc1ccccc1-c1cn(C(F)(F)Cl)cc(-c2cc(CC)cc(OC(C)=O)c2)c1=O. The number of alkyl halides is 3. The molecule has 0 amide bonds. The molecule has 3 rings (SSSR count). The van der Waals surface area contributed by atoms with Crippen molar-refractivity contribution in [1.82, 2.24) is 4.57 Å². The van der Waals surface area contributed by atoms with Crippen LogP contribution in [0.25, 0.3) is 22.3 Å². The van der Waals surface area contributed by atoms with Crippen molar-refractivity contribution in [2.75, 3.05) is 5.75 Å². The van der Waals surface area contributed by atoms with Crippen LogP contribution in [0.15, 0.2) is 64.5 Å². The number of rotatable bonds is 16. The third kappa shape index (κ3) is 10.2. The van der Waals surface area contributed by atoms with E-state index in [4.69, 9.17) is 16.3 Å². The number of esters is 1. The molecule has 230 valence electrons. The molecular formula is C34H39ClF2N2O3S. The topological polar surface area (TPSA) is 72.1 Å². The van der Waals surface area contributed by atoms with Gasteiger partial charge in [0, 0.05) is 46.8 Å². The van der Waals surface area contributed by atoms with E-state index in [1.807, 2.05) is 19.1 Å². The maximum atomic E-state index is 14.5. The summed E-state index contributed by atoms with van der Waals surface area (Å²) in [4.78, 5) is 26.3. The zero-order valence-electron chi connectivity index (χ0n) is 25.0. The van der Waals surface area contributed by atoms with Gasteiger partial charge in [-0.25, -0.2) is 0 Å². The standard InChI is InChI=1S/C34H39ClF2N2O3S/c1-4-13-26(21-38)14-9-7-6-8-12-17-43-32-16-11-10-15-29(32)31-23-39(34(35,36)37)22-30(33(31)41)27-18-25(5-2)19-28(20-27)42-24(3)40/h10-11,15-16,18-20,22-23,26H,4-9,12-14,17H2,1-3H3. The molecule has 43 heavy (non-hydrogen) atoms. The lowest BCUT2D eigenvalue weighted by atomic mass is 9.97. The normalized spacial score (nSPS) is 12.1. The van der Waals surface area contributed by atoms with E-state index in [2.05, 4.69) is 13.0 Å². The van der Waals surface area contributed by atoms with Gasteiger partial charge in [-0.1, -0.05) is 70.2 Å². The highest BCUT2D eigenvalue weighted by molar-refractivity contribution is 7.99. The number of thioether (sulfide) groups is 1. The molecule has 0 saturated carbocycles. The average Bonchev–Trinajstić information content (AvgIpc) is 2.97. The number of benzene rings is 2. The van der Waals surface area contributed by atoms with E-state index in [1.54, 1.807) is 36.0 Å². The Labute approximate surface area is 262 Å². The molecule has 0 fully saturated rings. The predicted molar refractivity (Wildman–Crippen MR) is 171 cm³/mol. The first-order valence-corrected chi connectivity index (χ1v) is 16.2. The lowest BCUT2D eigenvalue weighted by Crippen LogP contribution is -2.21. The summed E-state index contributed by atoms with van der Waals surface area (Å²) in [6, 6.07) is 14.6. The molecule has 0 saturated heterocycles. The molecule has 3 aromatic rings. The van der Waals surface area contributed by atoms with Crippen LogP contribution in [0.1, 0.15) is 77.7 Å². The van der Waals surface area contributed by atoms with Gasteiger partial charge in [-0.3, -0.25) is 14.2 Å². The second-order valence-electron chi connectivity index (χ2n) is 10.6. The molecule has 1 heterocycles. The van der Waals surface area contributed by atoms with Gasteiger partial charge in [-0.2, -0.15) is 14.0 Å². The fourth-order valence-electron chi connectivity index (χ4n) is 5.01. The quantitative estimate of drug-likeness (QED) is 0.0519. The Morgan fingerprint density at radius 1 is 1.02 bits per heavy atom. The zero-order valence-corrected chi connectivity index (χ0v) is 26.6. The Hall–Kier alpha value is -3.15. The summed E-state index contributed by atoms with van der Waals surface area (Å²) in [5.74, 6) is 0.684. The number of pyridine rings is 1. The van der Waals surface area contributed by atoms with Crippen LogP contribution >= 0.6 is 23.4 Å². The second-order valence-corrected chi connectivity index (χ2v) is 12.2. The smallest absolute Gasteiger partial charge is 0.410 e. The Bertz CT molecular complexity index is 1480. The van der Waals surface area contributed by atoms with Gasteiger partial charge in [0.25, 0.3) is 0 Å². The lowest BCUT2D eigenvalue weighted by molar-refractivity contribution is -0.131. The third-order valence-corrected chi connectivity index (χ3v) is 8.57. The van der Waals surface area contributed by atoms with Crippen molar-refractivity contribution in [2.24, 2.45) is 5.92 Å². The summed E-state index contributed by atoms with van der Waals surface area (Å²) in [5, 5.41) is 9.22. The van der Waals surface area contributed by atoms with Crippen LogP contribution in [-0.2, 0) is 16.7 Å². The molecule has 9 heteroatoms. The minimum absolute atomic E-state index is 0.0268. The molecule has 0 spiro atoms. The number of hydrogen-bond acceptors (Lipinski definition) is 5. The van der Waals surface area contributed by atoms with Crippen LogP contribution in [0.3, 0.4) is 0 Å². The number of nitriles is 1. The third-order valence-electron chi connectivity index (χ3n) is 7.22. The van der Waals surface area contributed by atoms with E-state index < -0.39 is 16.9 Å². The largest absolute Gasteiger partial charge is 0.427 e. The predicted octanol–water partition coefficient (Wildman–Crippen LogP) is 9.79. The van der Waals surface area contributed by atoms with Gasteiger partial charge in [-0.15, -0.1) is 11.8 Å². The maximum absolute atomic E-state index is 14.5. The first-order valence-electron chi connectivity index (χ1n) is 14.8. The van der Waals surface area contributed by atoms with Crippen LogP contribution < -0.4 is 10.2 Å². The van der Waals surface area contributed by atoms with Gasteiger partial charge in [0.05, 0.1) is 6.07 Å². The molecule has 1 unspecified atom stereocenters. The maximum Gasteiger partial charge on any atom is 0.410 e. The van der Waals surface area contributed by atoms with Gasteiger partial charge in [0.15, 0.2) is 5.43 Å². The fourth-order valence-corrected chi connectivity index (χ4v) is 6.18. The minimum atomic E-state index is -3.77. The second kappa shape index (κ2) is 16.6. The van der Waals surface area contributed by atoms with Crippen molar-refractivity contribution in [3.8, 4) is 34.1 Å². The number of aryl methyl sites for hydroxylation is 1. The molecule has 2 aromatic carbocycles. The van der Waals surface area contributed by atoms with Crippen molar-refractivity contribution in [1.29, 1.82) is 5.26 Å². The Kier molecular flexibility index (Phi) is 13.3. The molecule has 0 aliphatic heterocycles. The number of carbonyl (C=O) groups is 1. The van der Waals surface area contributed by atoms with Gasteiger partial charge < -0.3 is 4.74 Å². The summed E-state index contributed by atoms with van der Waals surface area (Å²) in [7, 11) is 0. The lowest BCUT2D eigenvalue weighted by Gasteiger charge is -2.18. The summed E-state index contributed by atoms with van der Waals surface area (Å²) < 4.78 is 34.8. The molecule has 1 aromatic heterocycles. The summed E-state index contributed by atoms with van der Waals surface area (Å²) in [5.41, 5.74) is -2.37. The molecule has 0 aliphatic carbocycles. The molecule has 0 N–H and O–H groups in total. The summed E-state index contributed by atoms with van der Waals surface area (Å²) >= 11 is 7.05. The van der Waals surface area contributed by atoms with E-state index in [0.29, 0.717) is 22.1 Å². The average molecular weight is 629 g/mol. The summed E-state index contributed by atoms with van der Waals surface area (Å²) in [6.07, 6.45) is 11.0. The number of aromatic nitrogens is 1. The number of halogens is 3. The van der Waals surface area contributed by atoms with Gasteiger partial charge in [-0.05, 0) is 72.4 Å². The Balaban J connectivity index is 1.84. The molecule has 5 nitrogen and oxygen atoms in total. The van der Waals surface area contributed by atoms with Gasteiger partial charge >= 0.3 is 11.5 Å². The highest BCUT2D eigenvalue weighted by atomic mass is 35.5. The van der Waals surface area contributed by atoms with Crippen molar-refractivity contribution in [3.63, 3.8) is 0 Å². The monoisotopic (exact) mass is 628 g/mol. The highest BCUT2D eigenvalue weighted by Gasteiger charge is 2.29. The van der Waals surface area contributed by atoms with Crippen LogP contribution in [0.2, 0.25) is 0 Å². The molecule has 0 radical (unpaired) electrons. The van der Waals surface area contributed by atoms with Gasteiger partial charge in [0.2, 0.25) is 0 Å². The van der Waals surface area contributed by atoms with E-state index >= 15 is 0 Å². The van der Waals surface area contributed by atoms with Crippen LogP contribution in [0.5, 0.6) is 5.75 Å². The number of carbonyl (C=O) groups excluding carboxylic acids is 1. The number of nitrogens with zero attached hydrogens (tertiary/aromatic N) is 2. The van der Waals surface area contributed by atoms with Crippen molar-refractivity contribution >= 4 is 29.3 Å². The van der Waals surface area contributed by atoms with Crippen molar-refractivity contribution in [3.05, 3.63) is 70.6 Å². The van der Waals surface area contributed by atoms with Crippen LogP contribution in [0, 0.1) is 17.2 Å². The summed E-state index contributed by atoms with van der Waals surface area (Å²) in [6.45, 7) is 5.28. The molecule has 1 atom stereocenters. The molecule has 0 bridgehead atoms. The Morgan fingerprint density at radius 2 is 1.72 bits per heavy atom. The number of ether oxygens (including phenoxy) is 1. The van der Waals surface area contributed by atoms with E-state index in [9.17, 15) is 23.6 Å². The Morgan fingerprint density at radius 3 is 2.40 bits per heavy atom. The highest BCUT2D eigenvalue weighted by Crippen LogP contribution is 2.35.